The van der Waals surface area contributed by atoms with Crippen molar-refractivity contribution in [3.05, 3.63) is 47.3 Å². The van der Waals surface area contributed by atoms with Crippen LogP contribution in [0, 0.1) is 0 Å². The first-order valence-corrected chi connectivity index (χ1v) is 7.50. The van der Waals surface area contributed by atoms with Crippen LogP contribution in [0.15, 0.2) is 30.5 Å². The predicted octanol–water partition coefficient (Wildman–Crippen LogP) is 0.992. The lowest BCUT2D eigenvalue weighted by Crippen LogP contribution is -2.42. The Hall–Kier alpha value is -2.70. The van der Waals surface area contributed by atoms with Crippen molar-refractivity contribution >= 4 is 11.9 Å². The lowest BCUT2D eigenvalue weighted by molar-refractivity contribution is -0.133. The van der Waals surface area contributed by atoms with Gasteiger partial charge in [-0.2, -0.15) is 0 Å². The van der Waals surface area contributed by atoms with Gasteiger partial charge < -0.3 is 10.0 Å². The minimum absolute atomic E-state index is 0.00503. The monoisotopic (exact) mass is 314 g/mol. The van der Waals surface area contributed by atoms with E-state index in [0.717, 1.165) is 19.3 Å². The van der Waals surface area contributed by atoms with Crippen molar-refractivity contribution < 1.29 is 14.7 Å². The number of hydrogen-bond donors (Lipinski definition) is 1. The van der Waals surface area contributed by atoms with E-state index in [1.165, 1.54) is 22.0 Å². The first-order valence-electron chi connectivity index (χ1n) is 7.50. The van der Waals surface area contributed by atoms with Gasteiger partial charge >= 0.3 is 5.97 Å². The molecule has 0 saturated heterocycles. The standard InChI is InChI=1S/C16H18N4O3/c1-19(13-7-6-11-4-2-3-5-12(11)8-13)15(21)10-20-9-14(16(22)23)17-18-20/h2-5,9,13H,6-8,10H2,1H3,(H,22,23). The van der Waals surface area contributed by atoms with Gasteiger partial charge in [0.15, 0.2) is 5.69 Å². The number of fused-ring (bicyclic) bond motifs is 1. The van der Waals surface area contributed by atoms with Crippen molar-refractivity contribution in [3.8, 4) is 0 Å². The molecule has 7 heteroatoms. The molecule has 0 bridgehead atoms. The summed E-state index contributed by atoms with van der Waals surface area (Å²) in [5, 5.41) is 16.0. The molecule has 1 aromatic heterocycles. The molecule has 1 amide bonds. The maximum Gasteiger partial charge on any atom is 0.358 e. The number of nitrogens with zero attached hydrogens (tertiary/aromatic N) is 4. The van der Waals surface area contributed by atoms with E-state index in [4.69, 9.17) is 5.11 Å². The molecule has 0 fully saturated rings. The number of benzene rings is 1. The molecular weight excluding hydrogens is 296 g/mol. The van der Waals surface area contributed by atoms with Crippen LogP contribution in [-0.4, -0.2) is 50.0 Å². The first kappa shape index (κ1) is 15.2. The third-order valence-electron chi connectivity index (χ3n) is 4.32. The average Bonchev–Trinajstić information content (AvgIpc) is 3.02. The van der Waals surface area contributed by atoms with E-state index in [0.29, 0.717) is 0 Å². The molecule has 0 saturated carbocycles. The molecule has 0 aliphatic heterocycles. The maximum atomic E-state index is 12.4. The van der Waals surface area contributed by atoms with Gasteiger partial charge in [-0.15, -0.1) is 5.10 Å². The fourth-order valence-corrected chi connectivity index (χ4v) is 2.94. The van der Waals surface area contributed by atoms with Gasteiger partial charge in [-0.25, -0.2) is 9.48 Å². The molecular formula is C16H18N4O3. The van der Waals surface area contributed by atoms with E-state index in [-0.39, 0.29) is 24.2 Å². The van der Waals surface area contributed by atoms with Crippen molar-refractivity contribution in [1.82, 2.24) is 19.9 Å². The predicted molar refractivity (Wildman–Crippen MR) is 82.0 cm³/mol. The van der Waals surface area contributed by atoms with Gasteiger partial charge in [0.1, 0.15) is 6.54 Å². The summed E-state index contributed by atoms with van der Waals surface area (Å²) in [6, 6.07) is 8.46. The summed E-state index contributed by atoms with van der Waals surface area (Å²) in [4.78, 5) is 24.9. The van der Waals surface area contributed by atoms with E-state index in [2.05, 4.69) is 22.4 Å². The Balaban J connectivity index is 1.64. The van der Waals surface area contributed by atoms with Gasteiger partial charge in [0.05, 0.1) is 6.20 Å². The molecule has 1 heterocycles. The smallest absolute Gasteiger partial charge is 0.358 e. The Kier molecular flexibility index (Phi) is 4.10. The Labute approximate surface area is 133 Å². The quantitative estimate of drug-likeness (QED) is 0.909. The van der Waals surface area contributed by atoms with E-state index in [1.807, 2.05) is 12.1 Å². The summed E-state index contributed by atoms with van der Waals surface area (Å²) in [6.07, 6.45) is 4.00. The van der Waals surface area contributed by atoms with Gasteiger partial charge in [0, 0.05) is 13.1 Å². The third-order valence-corrected chi connectivity index (χ3v) is 4.32. The first-order chi connectivity index (χ1) is 11.0. The van der Waals surface area contributed by atoms with Gasteiger partial charge in [0.25, 0.3) is 0 Å². The number of amides is 1. The largest absolute Gasteiger partial charge is 0.476 e. The summed E-state index contributed by atoms with van der Waals surface area (Å²) >= 11 is 0. The van der Waals surface area contributed by atoms with Crippen LogP contribution in [0.2, 0.25) is 0 Å². The van der Waals surface area contributed by atoms with Crippen molar-refractivity contribution in [2.75, 3.05) is 7.05 Å². The van der Waals surface area contributed by atoms with Crippen LogP contribution in [0.25, 0.3) is 0 Å². The Morgan fingerprint density at radius 1 is 1.35 bits per heavy atom. The Bertz CT molecular complexity index is 740. The number of aryl methyl sites for hydroxylation is 1. The highest BCUT2D eigenvalue weighted by atomic mass is 16.4. The highest BCUT2D eigenvalue weighted by Crippen LogP contribution is 2.23. The minimum atomic E-state index is -1.15. The molecule has 0 radical (unpaired) electrons. The van der Waals surface area contributed by atoms with Crippen LogP contribution in [0.5, 0.6) is 0 Å². The zero-order valence-corrected chi connectivity index (χ0v) is 12.8. The Morgan fingerprint density at radius 2 is 2.09 bits per heavy atom. The Morgan fingerprint density at radius 3 is 2.78 bits per heavy atom. The number of aromatic carboxylic acids is 1. The highest BCUT2D eigenvalue weighted by molar-refractivity contribution is 5.84. The van der Waals surface area contributed by atoms with Crippen LogP contribution >= 0.6 is 0 Å². The van der Waals surface area contributed by atoms with Crippen LogP contribution in [0.3, 0.4) is 0 Å². The van der Waals surface area contributed by atoms with E-state index in [1.54, 1.807) is 11.9 Å². The van der Waals surface area contributed by atoms with Crippen LogP contribution in [0.4, 0.5) is 0 Å². The average molecular weight is 314 g/mol. The summed E-state index contributed by atoms with van der Waals surface area (Å²) < 4.78 is 1.26. The lowest BCUT2D eigenvalue weighted by Gasteiger charge is -2.32. The molecule has 2 aromatic rings. The van der Waals surface area contributed by atoms with Crippen molar-refractivity contribution in [2.24, 2.45) is 0 Å². The molecule has 1 atom stereocenters. The summed E-state index contributed by atoms with van der Waals surface area (Å²) in [6.45, 7) is -0.00503. The zero-order valence-electron chi connectivity index (χ0n) is 12.8. The minimum Gasteiger partial charge on any atom is -0.476 e. The second-order valence-corrected chi connectivity index (χ2v) is 5.78. The van der Waals surface area contributed by atoms with Gasteiger partial charge in [0.2, 0.25) is 5.91 Å². The normalized spacial score (nSPS) is 16.7. The van der Waals surface area contributed by atoms with E-state index < -0.39 is 5.97 Å². The number of carboxylic acids is 1. The molecule has 23 heavy (non-hydrogen) atoms. The second kappa shape index (κ2) is 6.20. The summed E-state index contributed by atoms with van der Waals surface area (Å²) in [5.41, 5.74) is 2.48. The van der Waals surface area contributed by atoms with Crippen LogP contribution < -0.4 is 0 Å². The summed E-state index contributed by atoms with van der Waals surface area (Å²) in [7, 11) is 1.79. The molecule has 1 aromatic carbocycles. The number of carboxylic acid groups (broad SMARTS) is 1. The lowest BCUT2D eigenvalue weighted by atomic mass is 9.87. The number of likely N-dealkylation sites (N-methyl/N-ethyl adjacent to an activating group) is 1. The fourth-order valence-electron chi connectivity index (χ4n) is 2.94. The number of carbonyl (C=O) groups is 2. The van der Waals surface area contributed by atoms with Crippen molar-refractivity contribution in [3.63, 3.8) is 0 Å². The fraction of sp³-hybridized carbons (Fsp3) is 0.375. The zero-order chi connectivity index (χ0) is 16.4. The number of rotatable bonds is 4. The molecule has 7 nitrogen and oxygen atoms in total. The number of hydrogen-bond acceptors (Lipinski definition) is 4. The SMILES string of the molecule is CN(C(=O)Cn1cc(C(=O)O)nn1)C1CCc2ccccc2C1. The van der Waals surface area contributed by atoms with Crippen molar-refractivity contribution in [1.29, 1.82) is 0 Å². The van der Waals surface area contributed by atoms with Crippen LogP contribution in [-0.2, 0) is 24.2 Å². The second-order valence-electron chi connectivity index (χ2n) is 5.78. The number of aromatic nitrogens is 3. The van der Waals surface area contributed by atoms with Crippen molar-refractivity contribution in [2.45, 2.75) is 31.8 Å². The third kappa shape index (κ3) is 3.23. The maximum absolute atomic E-state index is 12.4. The molecule has 1 N–H and O–H groups in total. The molecule has 1 aliphatic carbocycles. The van der Waals surface area contributed by atoms with Gasteiger partial charge in [-0.1, -0.05) is 29.5 Å². The molecule has 120 valence electrons. The summed E-state index contributed by atoms with van der Waals surface area (Å²) in [5.74, 6) is -1.25. The van der Waals surface area contributed by atoms with E-state index in [9.17, 15) is 9.59 Å². The van der Waals surface area contributed by atoms with Crippen LogP contribution in [0.1, 0.15) is 28.0 Å². The highest BCUT2D eigenvalue weighted by Gasteiger charge is 2.25. The van der Waals surface area contributed by atoms with Gasteiger partial charge in [-0.05, 0) is 30.4 Å². The molecule has 1 unspecified atom stereocenters. The molecule has 0 spiro atoms. The topological polar surface area (TPSA) is 88.3 Å². The van der Waals surface area contributed by atoms with Gasteiger partial charge in [-0.3, -0.25) is 4.79 Å². The molecule has 1 aliphatic rings. The van der Waals surface area contributed by atoms with E-state index >= 15 is 0 Å². The molecule has 3 rings (SSSR count). The number of carbonyl (C=O) groups excluding carboxylic acids is 1.